The van der Waals surface area contributed by atoms with Crippen LogP contribution >= 0.6 is 12.6 Å². The number of hydrogen-bond acceptors (Lipinski definition) is 3. The van der Waals surface area contributed by atoms with E-state index in [2.05, 4.69) is 24.4 Å². The maximum Gasteiger partial charge on any atom is 0.0913 e. The SMILES string of the molecule is C=NN(/C=C\C)C(C)S. The van der Waals surface area contributed by atoms with Crippen molar-refractivity contribution < 1.29 is 0 Å². The first-order chi connectivity index (χ1) is 4.22. The molecule has 0 aromatic carbocycles. The number of hydrogen-bond donors (Lipinski definition) is 1. The van der Waals surface area contributed by atoms with Crippen LogP contribution in [0.5, 0.6) is 0 Å². The zero-order valence-corrected chi connectivity index (χ0v) is 6.68. The lowest BCUT2D eigenvalue weighted by atomic mass is 10.6. The Morgan fingerprint density at radius 1 is 1.78 bits per heavy atom. The Morgan fingerprint density at radius 2 is 2.33 bits per heavy atom. The summed E-state index contributed by atoms with van der Waals surface area (Å²) < 4.78 is 0. The van der Waals surface area contributed by atoms with Crippen LogP contribution in [0.1, 0.15) is 13.8 Å². The standard InChI is InChI=1S/C6H12N2S/c1-4-5-8(7-3)6(2)9/h4-6,9H,3H2,1-2H3/b5-4-. The summed E-state index contributed by atoms with van der Waals surface area (Å²) in [7, 11) is 0. The Bertz CT molecular complexity index is 110. The Labute approximate surface area is 61.7 Å². The highest BCUT2D eigenvalue weighted by atomic mass is 32.1. The Kier molecular flexibility index (Phi) is 4.22. The van der Waals surface area contributed by atoms with E-state index < -0.39 is 0 Å². The van der Waals surface area contributed by atoms with Crippen molar-refractivity contribution in [1.82, 2.24) is 5.01 Å². The molecule has 0 N–H and O–H groups in total. The van der Waals surface area contributed by atoms with Gasteiger partial charge in [-0.05, 0) is 13.8 Å². The van der Waals surface area contributed by atoms with E-state index in [0.29, 0.717) is 0 Å². The third-order valence-electron chi connectivity index (χ3n) is 0.848. The Hall–Kier alpha value is -0.440. The van der Waals surface area contributed by atoms with Crippen molar-refractivity contribution >= 4 is 19.3 Å². The monoisotopic (exact) mass is 144 g/mol. The summed E-state index contributed by atoms with van der Waals surface area (Å²) in [4.78, 5) is 0. The lowest BCUT2D eigenvalue weighted by Gasteiger charge is -2.15. The summed E-state index contributed by atoms with van der Waals surface area (Å²) in [5.41, 5.74) is 0. The molecule has 0 heterocycles. The lowest BCUT2D eigenvalue weighted by Crippen LogP contribution is -2.15. The van der Waals surface area contributed by atoms with Gasteiger partial charge in [-0.15, -0.1) is 0 Å². The van der Waals surface area contributed by atoms with E-state index in [0.717, 1.165) is 0 Å². The molecular formula is C6H12N2S. The topological polar surface area (TPSA) is 15.6 Å². The molecule has 0 bridgehead atoms. The minimum Gasteiger partial charge on any atom is -0.261 e. The summed E-state index contributed by atoms with van der Waals surface area (Å²) in [6.45, 7) is 7.23. The van der Waals surface area contributed by atoms with E-state index >= 15 is 0 Å². The number of rotatable bonds is 3. The third kappa shape index (κ3) is 3.19. The predicted molar refractivity (Wildman–Crippen MR) is 44.7 cm³/mol. The Balaban J connectivity index is 3.82. The third-order valence-corrected chi connectivity index (χ3v) is 1.08. The molecule has 0 aromatic heterocycles. The van der Waals surface area contributed by atoms with Crippen LogP contribution in [0.2, 0.25) is 0 Å². The fourth-order valence-corrected chi connectivity index (χ4v) is 0.593. The van der Waals surface area contributed by atoms with Gasteiger partial charge < -0.3 is 0 Å². The van der Waals surface area contributed by atoms with E-state index in [1.165, 1.54) is 0 Å². The zero-order chi connectivity index (χ0) is 7.28. The molecule has 3 heteroatoms. The number of nitrogens with zero attached hydrogens (tertiary/aromatic N) is 2. The minimum atomic E-state index is 0.0960. The molecule has 0 saturated heterocycles. The van der Waals surface area contributed by atoms with Crippen molar-refractivity contribution in [2.24, 2.45) is 5.10 Å². The van der Waals surface area contributed by atoms with Crippen LogP contribution in [-0.2, 0) is 0 Å². The van der Waals surface area contributed by atoms with Crippen LogP contribution in [0.25, 0.3) is 0 Å². The van der Waals surface area contributed by atoms with Crippen molar-refractivity contribution in [2.75, 3.05) is 0 Å². The summed E-state index contributed by atoms with van der Waals surface area (Å²) in [5, 5.41) is 5.46. The number of allylic oxidation sites excluding steroid dienone is 1. The summed E-state index contributed by atoms with van der Waals surface area (Å²) in [6, 6.07) is 0. The van der Waals surface area contributed by atoms with Gasteiger partial charge in [-0.2, -0.15) is 17.7 Å². The molecule has 0 radical (unpaired) electrons. The molecule has 0 amide bonds. The van der Waals surface area contributed by atoms with Crippen LogP contribution in [0, 0.1) is 0 Å². The molecule has 9 heavy (non-hydrogen) atoms. The van der Waals surface area contributed by atoms with Crippen LogP contribution in [0.3, 0.4) is 0 Å². The summed E-state index contributed by atoms with van der Waals surface area (Å²) >= 11 is 4.15. The predicted octanol–water partition coefficient (Wildman–Crippen LogP) is 1.71. The quantitative estimate of drug-likeness (QED) is 0.276. The first-order valence-corrected chi connectivity index (χ1v) is 3.30. The molecule has 0 saturated carbocycles. The van der Waals surface area contributed by atoms with Gasteiger partial charge in [0, 0.05) is 12.9 Å². The van der Waals surface area contributed by atoms with E-state index in [9.17, 15) is 0 Å². The molecular weight excluding hydrogens is 132 g/mol. The number of thiol groups is 1. The average molecular weight is 144 g/mol. The molecule has 0 fully saturated rings. The zero-order valence-electron chi connectivity index (χ0n) is 5.78. The molecule has 1 unspecified atom stereocenters. The van der Waals surface area contributed by atoms with Crippen molar-refractivity contribution in [1.29, 1.82) is 0 Å². The first kappa shape index (κ1) is 8.56. The second-order valence-electron chi connectivity index (χ2n) is 1.64. The highest BCUT2D eigenvalue weighted by Crippen LogP contribution is 2.02. The fourth-order valence-electron chi connectivity index (χ4n) is 0.443. The van der Waals surface area contributed by atoms with Crippen molar-refractivity contribution in [2.45, 2.75) is 19.2 Å². The summed E-state index contributed by atoms with van der Waals surface area (Å²) in [5.74, 6) is 0. The molecule has 0 aliphatic carbocycles. The highest BCUT2D eigenvalue weighted by Gasteiger charge is 1.98. The second kappa shape index (κ2) is 4.44. The second-order valence-corrected chi connectivity index (χ2v) is 2.38. The Morgan fingerprint density at radius 3 is 2.44 bits per heavy atom. The molecule has 2 nitrogen and oxygen atoms in total. The first-order valence-electron chi connectivity index (χ1n) is 2.78. The van der Waals surface area contributed by atoms with E-state index in [1.54, 1.807) is 5.01 Å². The van der Waals surface area contributed by atoms with Gasteiger partial charge in [-0.3, -0.25) is 5.01 Å². The molecule has 1 atom stereocenters. The largest absolute Gasteiger partial charge is 0.261 e. The smallest absolute Gasteiger partial charge is 0.0913 e. The van der Waals surface area contributed by atoms with Crippen molar-refractivity contribution in [3.63, 3.8) is 0 Å². The van der Waals surface area contributed by atoms with Gasteiger partial charge in [0.15, 0.2) is 0 Å². The van der Waals surface area contributed by atoms with Crippen LogP contribution < -0.4 is 0 Å². The van der Waals surface area contributed by atoms with Gasteiger partial charge in [-0.25, -0.2) is 0 Å². The molecule has 0 aromatic rings. The number of hydrazone groups is 1. The molecule has 52 valence electrons. The lowest BCUT2D eigenvalue weighted by molar-refractivity contribution is 0.397. The highest BCUT2D eigenvalue weighted by molar-refractivity contribution is 7.80. The van der Waals surface area contributed by atoms with Gasteiger partial charge in [0.1, 0.15) is 0 Å². The minimum absolute atomic E-state index is 0.0960. The fraction of sp³-hybridized carbons (Fsp3) is 0.500. The van der Waals surface area contributed by atoms with Crippen LogP contribution in [0.15, 0.2) is 17.4 Å². The van der Waals surface area contributed by atoms with Gasteiger partial charge in [0.2, 0.25) is 0 Å². The summed E-state index contributed by atoms with van der Waals surface area (Å²) in [6.07, 6.45) is 3.71. The van der Waals surface area contributed by atoms with Crippen molar-refractivity contribution in [3.05, 3.63) is 12.3 Å². The van der Waals surface area contributed by atoms with Crippen molar-refractivity contribution in [3.8, 4) is 0 Å². The van der Waals surface area contributed by atoms with E-state index in [1.807, 2.05) is 26.1 Å². The molecule has 0 aliphatic heterocycles. The average Bonchev–Trinajstić information content (AvgIpc) is 1.82. The maximum absolute atomic E-state index is 4.15. The molecule has 0 rings (SSSR count). The maximum atomic E-state index is 4.15. The van der Waals surface area contributed by atoms with Gasteiger partial charge in [0.25, 0.3) is 0 Å². The van der Waals surface area contributed by atoms with Gasteiger partial charge >= 0.3 is 0 Å². The van der Waals surface area contributed by atoms with Gasteiger partial charge in [-0.1, -0.05) is 6.08 Å². The van der Waals surface area contributed by atoms with Crippen LogP contribution in [0.4, 0.5) is 0 Å². The molecule has 0 aliphatic rings. The van der Waals surface area contributed by atoms with E-state index in [-0.39, 0.29) is 5.37 Å². The molecule has 0 spiro atoms. The normalized spacial score (nSPS) is 13.7. The van der Waals surface area contributed by atoms with Gasteiger partial charge in [0.05, 0.1) is 5.37 Å². The van der Waals surface area contributed by atoms with E-state index in [4.69, 9.17) is 0 Å². The van der Waals surface area contributed by atoms with Crippen LogP contribution in [-0.4, -0.2) is 17.1 Å².